The van der Waals surface area contributed by atoms with E-state index < -0.39 is 0 Å². The van der Waals surface area contributed by atoms with Crippen LogP contribution in [0.25, 0.3) is 11.4 Å². The SMILES string of the molecule is CCCNC(C)C(C)c1nc(-c2ccsc2)no1. The van der Waals surface area contributed by atoms with Crippen LogP contribution in [0.5, 0.6) is 0 Å². The topological polar surface area (TPSA) is 51.0 Å². The minimum absolute atomic E-state index is 0.219. The van der Waals surface area contributed by atoms with Gasteiger partial charge in [0, 0.05) is 17.0 Å². The standard InChI is InChI=1S/C13H19N3OS/c1-4-6-14-10(3)9(2)13-15-12(16-17-13)11-5-7-18-8-11/h5,7-10,14H,4,6H2,1-3H3. The summed E-state index contributed by atoms with van der Waals surface area (Å²) in [6, 6.07) is 2.34. The van der Waals surface area contributed by atoms with Gasteiger partial charge in [0.2, 0.25) is 11.7 Å². The average Bonchev–Trinajstić information content (AvgIpc) is 3.04. The van der Waals surface area contributed by atoms with Gasteiger partial charge in [-0.05, 0) is 31.3 Å². The highest BCUT2D eigenvalue weighted by molar-refractivity contribution is 7.08. The lowest BCUT2D eigenvalue weighted by Gasteiger charge is -2.17. The fourth-order valence-electron chi connectivity index (χ4n) is 1.69. The predicted molar refractivity (Wildman–Crippen MR) is 73.8 cm³/mol. The van der Waals surface area contributed by atoms with Crippen molar-refractivity contribution in [1.29, 1.82) is 0 Å². The van der Waals surface area contributed by atoms with E-state index in [0.717, 1.165) is 18.5 Å². The van der Waals surface area contributed by atoms with Gasteiger partial charge < -0.3 is 9.84 Å². The molecular formula is C13H19N3OS. The van der Waals surface area contributed by atoms with Crippen LogP contribution in [0.15, 0.2) is 21.3 Å². The van der Waals surface area contributed by atoms with Gasteiger partial charge in [-0.3, -0.25) is 0 Å². The molecule has 98 valence electrons. The fourth-order valence-corrected chi connectivity index (χ4v) is 2.33. The van der Waals surface area contributed by atoms with Gasteiger partial charge in [0.1, 0.15) is 0 Å². The van der Waals surface area contributed by atoms with Crippen molar-refractivity contribution in [3.63, 3.8) is 0 Å². The molecule has 0 aliphatic carbocycles. The second kappa shape index (κ2) is 6.11. The fraction of sp³-hybridized carbons (Fsp3) is 0.538. The molecule has 0 fully saturated rings. The zero-order chi connectivity index (χ0) is 13.0. The molecule has 2 aromatic rings. The van der Waals surface area contributed by atoms with Gasteiger partial charge in [-0.1, -0.05) is 19.0 Å². The van der Waals surface area contributed by atoms with Gasteiger partial charge in [-0.15, -0.1) is 0 Å². The lowest BCUT2D eigenvalue weighted by molar-refractivity contribution is 0.331. The van der Waals surface area contributed by atoms with Crippen molar-refractivity contribution in [2.45, 2.75) is 39.2 Å². The molecule has 0 spiro atoms. The molecule has 0 saturated carbocycles. The molecule has 0 aliphatic heterocycles. The van der Waals surface area contributed by atoms with Crippen molar-refractivity contribution < 1.29 is 4.52 Å². The van der Waals surface area contributed by atoms with Crippen LogP contribution in [-0.2, 0) is 0 Å². The molecule has 0 aromatic carbocycles. The van der Waals surface area contributed by atoms with Crippen molar-refractivity contribution in [3.8, 4) is 11.4 Å². The Morgan fingerprint density at radius 1 is 1.44 bits per heavy atom. The Kier molecular flexibility index (Phi) is 4.49. The first kappa shape index (κ1) is 13.2. The summed E-state index contributed by atoms with van der Waals surface area (Å²) in [6.45, 7) is 7.43. The van der Waals surface area contributed by atoms with Crippen LogP contribution in [0.2, 0.25) is 0 Å². The van der Waals surface area contributed by atoms with Crippen molar-refractivity contribution in [2.24, 2.45) is 0 Å². The molecule has 0 bridgehead atoms. The number of thiophene rings is 1. The van der Waals surface area contributed by atoms with Crippen LogP contribution in [0, 0.1) is 0 Å². The van der Waals surface area contributed by atoms with Crippen molar-refractivity contribution in [3.05, 3.63) is 22.7 Å². The largest absolute Gasteiger partial charge is 0.339 e. The zero-order valence-electron chi connectivity index (χ0n) is 11.0. The monoisotopic (exact) mass is 265 g/mol. The van der Waals surface area contributed by atoms with Crippen LogP contribution in [0.3, 0.4) is 0 Å². The first-order chi connectivity index (χ1) is 8.72. The maximum Gasteiger partial charge on any atom is 0.231 e. The summed E-state index contributed by atoms with van der Waals surface area (Å²) in [5.74, 6) is 1.60. The van der Waals surface area contributed by atoms with Gasteiger partial charge in [0.05, 0.1) is 5.92 Å². The van der Waals surface area contributed by atoms with Crippen LogP contribution >= 0.6 is 11.3 Å². The Morgan fingerprint density at radius 2 is 2.28 bits per heavy atom. The van der Waals surface area contributed by atoms with Crippen molar-refractivity contribution in [1.82, 2.24) is 15.5 Å². The third-order valence-electron chi connectivity index (χ3n) is 3.08. The van der Waals surface area contributed by atoms with E-state index in [4.69, 9.17) is 4.52 Å². The highest BCUT2D eigenvalue weighted by Gasteiger charge is 2.20. The number of hydrogen-bond acceptors (Lipinski definition) is 5. The Hall–Kier alpha value is -1.20. The Morgan fingerprint density at radius 3 is 2.94 bits per heavy atom. The van der Waals surface area contributed by atoms with Crippen LogP contribution < -0.4 is 5.32 Å². The molecule has 18 heavy (non-hydrogen) atoms. The molecule has 2 atom stereocenters. The van der Waals surface area contributed by atoms with E-state index in [1.165, 1.54) is 0 Å². The van der Waals surface area contributed by atoms with Crippen LogP contribution in [0.4, 0.5) is 0 Å². The average molecular weight is 265 g/mol. The first-order valence-electron chi connectivity index (χ1n) is 6.32. The zero-order valence-corrected chi connectivity index (χ0v) is 11.8. The number of rotatable bonds is 6. The van der Waals surface area contributed by atoms with E-state index >= 15 is 0 Å². The van der Waals surface area contributed by atoms with E-state index in [2.05, 4.69) is 36.2 Å². The van der Waals surface area contributed by atoms with Gasteiger partial charge in [-0.2, -0.15) is 16.3 Å². The van der Waals surface area contributed by atoms with E-state index in [0.29, 0.717) is 17.8 Å². The molecule has 2 rings (SSSR count). The van der Waals surface area contributed by atoms with E-state index in [9.17, 15) is 0 Å². The maximum absolute atomic E-state index is 5.35. The Bertz CT molecular complexity index is 466. The number of aromatic nitrogens is 2. The maximum atomic E-state index is 5.35. The summed E-state index contributed by atoms with van der Waals surface area (Å²) in [6.07, 6.45) is 1.13. The van der Waals surface area contributed by atoms with E-state index in [1.807, 2.05) is 16.8 Å². The second-order valence-electron chi connectivity index (χ2n) is 4.50. The summed E-state index contributed by atoms with van der Waals surface area (Å²) in [5, 5.41) is 11.5. The molecule has 4 nitrogen and oxygen atoms in total. The molecule has 0 radical (unpaired) electrons. The molecule has 5 heteroatoms. The minimum atomic E-state index is 0.219. The van der Waals surface area contributed by atoms with Crippen molar-refractivity contribution >= 4 is 11.3 Å². The third-order valence-corrected chi connectivity index (χ3v) is 3.76. The number of nitrogens with one attached hydrogen (secondary N) is 1. The highest BCUT2D eigenvalue weighted by Crippen LogP contribution is 2.23. The molecule has 0 saturated heterocycles. The molecule has 0 aliphatic rings. The Labute approximate surface area is 111 Å². The second-order valence-corrected chi connectivity index (χ2v) is 5.28. The van der Waals surface area contributed by atoms with Gasteiger partial charge in [0.25, 0.3) is 0 Å². The molecular weight excluding hydrogens is 246 g/mol. The quantitative estimate of drug-likeness (QED) is 0.870. The summed E-state index contributed by atoms with van der Waals surface area (Å²) in [5.41, 5.74) is 1.02. The highest BCUT2D eigenvalue weighted by atomic mass is 32.1. The summed E-state index contributed by atoms with van der Waals surface area (Å²) in [4.78, 5) is 4.47. The van der Waals surface area contributed by atoms with Gasteiger partial charge in [0.15, 0.2) is 0 Å². The lowest BCUT2D eigenvalue weighted by atomic mass is 10.0. The van der Waals surface area contributed by atoms with Gasteiger partial charge >= 0.3 is 0 Å². The molecule has 2 unspecified atom stereocenters. The molecule has 1 N–H and O–H groups in total. The smallest absolute Gasteiger partial charge is 0.231 e. The third kappa shape index (κ3) is 2.97. The lowest BCUT2D eigenvalue weighted by Crippen LogP contribution is -2.31. The number of hydrogen-bond donors (Lipinski definition) is 1. The van der Waals surface area contributed by atoms with Crippen LogP contribution in [0.1, 0.15) is 39.0 Å². The molecule has 0 amide bonds. The predicted octanol–water partition coefficient (Wildman–Crippen LogP) is 3.29. The molecule has 2 aromatic heterocycles. The summed E-state index contributed by atoms with van der Waals surface area (Å²) in [7, 11) is 0. The normalized spacial score (nSPS) is 14.6. The summed E-state index contributed by atoms with van der Waals surface area (Å²) >= 11 is 1.64. The minimum Gasteiger partial charge on any atom is -0.339 e. The Balaban J connectivity index is 2.05. The van der Waals surface area contributed by atoms with Crippen molar-refractivity contribution in [2.75, 3.05) is 6.54 Å². The van der Waals surface area contributed by atoms with E-state index in [1.54, 1.807) is 11.3 Å². The first-order valence-corrected chi connectivity index (χ1v) is 7.26. The summed E-state index contributed by atoms with van der Waals surface area (Å²) < 4.78 is 5.35. The molecule has 2 heterocycles. The van der Waals surface area contributed by atoms with Crippen LogP contribution in [-0.4, -0.2) is 22.7 Å². The van der Waals surface area contributed by atoms with Gasteiger partial charge in [-0.25, -0.2) is 0 Å². The number of nitrogens with zero attached hydrogens (tertiary/aromatic N) is 2. The van der Waals surface area contributed by atoms with E-state index in [-0.39, 0.29) is 5.92 Å².